The van der Waals surface area contributed by atoms with Crippen molar-refractivity contribution >= 4 is 17.6 Å². The highest BCUT2D eigenvalue weighted by Crippen LogP contribution is 2.45. The molecule has 4 aliphatic rings. The van der Waals surface area contributed by atoms with E-state index in [1.807, 2.05) is 20.8 Å². The number of likely N-dealkylation sites (tertiary alicyclic amines) is 1. The molecule has 3 aliphatic heterocycles. The summed E-state index contributed by atoms with van der Waals surface area (Å²) in [6, 6.07) is 3.93. The molecule has 6 rings (SSSR count). The average Bonchev–Trinajstić information content (AvgIpc) is 3.27. The summed E-state index contributed by atoms with van der Waals surface area (Å²) in [4.78, 5) is 36.4. The zero-order valence-electron chi connectivity index (χ0n) is 26.5. The van der Waals surface area contributed by atoms with Crippen LogP contribution in [0.3, 0.4) is 0 Å². The van der Waals surface area contributed by atoms with E-state index in [2.05, 4.69) is 37.2 Å². The zero-order valence-corrected chi connectivity index (χ0v) is 26.5. The van der Waals surface area contributed by atoms with Gasteiger partial charge in [-0.3, -0.25) is 9.59 Å². The molecule has 1 N–H and O–H groups in total. The van der Waals surface area contributed by atoms with Crippen LogP contribution >= 0.6 is 0 Å². The van der Waals surface area contributed by atoms with Crippen LogP contribution in [-0.4, -0.2) is 87.6 Å². The molecule has 2 amide bonds. The molecule has 11 heteroatoms. The van der Waals surface area contributed by atoms with Crippen molar-refractivity contribution in [2.45, 2.75) is 84.2 Å². The molecule has 1 saturated carbocycles. The van der Waals surface area contributed by atoms with Crippen LogP contribution in [0.5, 0.6) is 11.6 Å². The number of hydrogen-bond acceptors (Lipinski definition) is 8. The fraction of sp³-hybridized carbons (Fsp3) is 0.667. The number of aromatic nitrogens is 3. The Kier molecular flexibility index (Phi) is 8.52. The number of nitrogens with zero attached hydrogens (tertiary/aromatic N) is 6. The number of carbonyl (C=O) groups excluding carboxylic acids is 2. The number of piperidine rings is 1. The summed E-state index contributed by atoms with van der Waals surface area (Å²) in [5, 5.41) is 11.5. The molecule has 238 valence electrons. The molecule has 4 heterocycles. The number of hydrogen-bond donors (Lipinski definition) is 1. The predicted octanol–water partition coefficient (Wildman–Crippen LogP) is 4.66. The molecule has 1 aromatic carbocycles. The Morgan fingerprint density at radius 1 is 1.18 bits per heavy atom. The molecule has 4 fully saturated rings. The van der Waals surface area contributed by atoms with Crippen LogP contribution in [0.2, 0.25) is 0 Å². The van der Waals surface area contributed by atoms with Crippen LogP contribution in [0.1, 0.15) is 83.0 Å². The van der Waals surface area contributed by atoms with E-state index in [1.54, 1.807) is 4.90 Å². The summed E-state index contributed by atoms with van der Waals surface area (Å²) in [7, 11) is 0. The van der Waals surface area contributed by atoms with Gasteiger partial charge in [0, 0.05) is 49.1 Å². The predicted molar refractivity (Wildman–Crippen MR) is 165 cm³/mol. The Hall–Kier alpha value is -3.34. The highest BCUT2D eigenvalue weighted by atomic mass is 19.1. The average molecular weight is 608 g/mol. The molecular formula is C33H46FN7O3. The Labute approximate surface area is 259 Å². The van der Waals surface area contributed by atoms with Crippen LogP contribution < -0.4 is 15.0 Å². The lowest BCUT2D eigenvalue weighted by Crippen LogP contribution is -2.61. The summed E-state index contributed by atoms with van der Waals surface area (Å²) in [6.07, 6.45) is 9.30. The monoisotopic (exact) mass is 607 g/mol. The van der Waals surface area contributed by atoms with Crippen LogP contribution in [0.15, 0.2) is 24.5 Å². The van der Waals surface area contributed by atoms with Gasteiger partial charge in [0.25, 0.3) is 11.8 Å². The van der Waals surface area contributed by atoms with Crippen molar-refractivity contribution in [3.05, 3.63) is 35.9 Å². The van der Waals surface area contributed by atoms with Crippen molar-refractivity contribution in [1.82, 2.24) is 30.3 Å². The topological polar surface area (TPSA) is 104 Å². The highest BCUT2D eigenvalue weighted by molar-refractivity contribution is 5.97. The second kappa shape index (κ2) is 12.2. The Balaban J connectivity index is 1.04. The SMILES string of the molecule is CCN(C(=O)c1cc(F)ccc1Oc1nncnc1N1CC2(CCN(CC3CCC4(CC3)C[C@@H](C)C(=O)N4)CC2)C1)C(C)C. The fourth-order valence-corrected chi connectivity index (χ4v) is 7.96. The first-order chi connectivity index (χ1) is 21.1. The van der Waals surface area contributed by atoms with E-state index in [9.17, 15) is 14.0 Å². The van der Waals surface area contributed by atoms with E-state index < -0.39 is 5.82 Å². The molecule has 0 unspecified atom stereocenters. The minimum absolute atomic E-state index is 0.0408. The van der Waals surface area contributed by atoms with Crippen molar-refractivity contribution in [3.63, 3.8) is 0 Å². The molecule has 2 aromatic rings. The van der Waals surface area contributed by atoms with Crippen molar-refractivity contribution in [3.8, 4) is 11.6 Å². The Bertz CT molecular complexity index is 1360. The third-order valence-electron chi connectivity index (χ3n) is 10.6. The number of carbonyl (C=O) groups is 2. The molecule has 0 bridgehead atoms. The van der Waals surface area contributed by atoms with Crippen LogP contribution in [0.25, 0.3) is 0 Å². The lowest BCUT2D eigenvalue weighted by Gasteiger charge is -2.54. The third-order valence-corrected chi connectivity index (χ3v) is 10.6. The van der Waals surface area contributed by atoms with Gasteiger partial charge in [0.05, 0.1) is 5.56 Å². The Morgan fingerprint density at radius 3 is 2.55 bits per heavy atom. The quantitative estimate of drug-likeness (QED) is 0.462. The maximum Gasteiger partial charge on any atom is 0.282 e. The minimum Gasteiger partial charge on any atom is -0.434 e. The summed E-state index contributed by atoms with van der Waals surface area (Å²) in [5.41, 5.74) is 0.459. The maximum atomic E-state index is 14.2. The van der Waals surface area contributed by atoms with Crippen molar-refractivity contribution < 1.29 is 18.7 Å². The first-order valence-electron chi connectivity index (χ1n) is 16.3. The number of benzene rings is 1. The van der Waals surface area contributed by atoms with Gasteiger partial charge in [0.15, 0.2) is 5.82 Å². The summed E-state index contributed by atoms with van der Waals surface area (Å²) >= 11 is 0. The van der Waals surface area contributed by atoms with Gasteiger partial charge in [-0.05, 0) is 103 Å². The summed E-state index contributed by atoms with van der Waals surface area (Å²) < 4.78 is 20.4. The number of halogens is 1. The lowest BCUT2D eigenvalue weighted by molar-refractivity contribution is -0.122. The zero-order chi connectivity index (χ0) is 31.1. The third kappa shape index (κ3) is 6.12. The van der Waals surface area contributed by atoms with Gasteiger partial charge in [-0.25, -0.2) is 9.37 Å². The molecule has 10 nitrogen and oxygen atoms in total. The molecule has 2 spiro atoms. The van der Waals surface area contributed by atoms with Crippen LogP contribution in [0.4, 0.5) is 10.2 Å². The molecular weight excluding hydrogens is 561 g/mol. The first-order valence-corrected chi connectivity index (χ1v) is 16.3. The van der Waals surface area contributed by atoms with Gasteiger partial charge in [0.1, 0.15) is 17.9 Å². The normalized spacial score (nSPS) is 26.6. The van der Waals surface area contributed by atoms with Gasteiger partial charge in [0.2, 0.25) is 5.91 Å². The Morgan fingerprint density at radius 2 is 1.91 bits per heavy atom. The van der Waals surface area contributed by atoms with Crippen molar-refractivity contribution in [1.29, 1.82) is 0 Å². The van der Waals surface area contributed by atoms with Crippen LogP contribution in [-0.2, 0) is 4.79 Å². The molecule has 1 aromatic heterocycles. The molecule has 1 aliphatic carbocycles. The smallest absolute Gasteiger partial charge is 0.282 e. The summed E-state index contributed by atoms with van der Waals surface area (Å²) in [6.45, 7) is 13.4. The highest BCUT2D eigenvalue weighted by Gasteiger charge is 2.47. The van der Waals surface area contributed by atoms with E-state index in [1.165, 1.54) is 37.4 Å². The maximum absolute atomic E-state index is 14.2. The second-order valence-electron chi connectivity index (χ2n) is 14.0. The lowest BCUT2D eigenvalue weighted by atomic mass is 9.71. The summed E-state index contributed by atoms with van der Waals surface area (Å²) in [5.74, 6) is 1.35. The molecule has 1 atom stereocenters. The van der Waals surface area contributed by atoms with E-state index in [-0.39, 0.29) is 51.9 Å². The van der Waals surface area contributed by atoms with E-state index in [0.29, 0.717) is 18.3 Å². The van der Waals surface area contributed by atoms with Crippen LogP contribution in [0, 0.1) is 23.1 Å². The molecule has 0 radical (unpaired) electrons. The van der Waals surface area contributed by atoms with Crippen molar-refractivity contribution in [2.24, 2.45) is 17.3 Å². The molecule has 3 saturated heterocycles. The number of ether oxygens (including phenoxy) is 1. The standard InChI is InChI=1S/C33H46FN7O3/c1-5-41(22(2)3)31(43)26-16-25(34)6-7-27(26)44-30-28(35-21-36-38-30)40-19-32(20-40)12-14-39(15-13-32)18-24-8-10-33(11-9-24)17-23(4)29(42)37-33/h6-7,16,21-24H,5,8-15,17-20H2,1-4H3,(H,37,42)/t23-,24?,33?/m1/s1. The largest absolute Gasteiger partial charge is 0.434 e. The minimum atomic E-state index is -0.502. The number of anilines is 1. The number of rotatable bonds is 8. The van der Waals surface area contributed by atoms with Gasteiger partial charge in [-0.15, -0.1) is 10.2 Å². The number of amides is 2. The van der Waals surface area contributed by atoms with E-state index >= 15 is 0 Å². The van der Waals surface area contributed by atoms with Gasteiger partial charge >= 0.3 is 0 Å². The van der Waals surface area contributed by atoms with Gasteiger partial charge in [-0.2, -0.15) is 0 Å². The second-order valence-corrected chi connectivity index (χ2v) is 14.0. The van der Waals surface area contributed by atoms with E-state index in [4.69, 9.17) is 4.74 Å². The van der Waals surface area contributed by atoms with Gasteiger partial charge in [-0.1, -0.05) is 6.92 Å². The van der Waals surface area contributed by atoms with Gasteiger partial charge < -0.3 is 24.8 Å². The first kappa shape index (κ1) is 30.7. The van der Waals surface area contributed by atoms with E-state index in [0.717, 1.165) is 64.8 Å². The number of nitrogens with one attached hydrogen (secondary N) is 1. The van der Waals surface area contributed by atoms with Crippen molar-refractivity contribution in [2.75, 3.05) is 44.2 Å². The fourth-order valence-electron chi connectivity index (χ4n) is 7.96. The molecule has 44 heavy (non-hydrogen) atoms.